The number of halogens is 3. The van der Waals surface area contributed by atoms with Gasteiger partial charge >= 0.3 is 0 Å². The molecule has 0 saturated heterocycles. The minimum atomic E-state index is -0.291. The average molecular weight is 466 g/mol. The Hall–Kier alpha value is -2.40. The van der Waals surface area contributed by atoms with Crippen LogP contribution in [-0.4, -0.2) is 22.5 Å². The molecule has 0 bridgehead atoms. The molecule has 3 aromatic rings. The summed E-state index contributed by atoms with van der Waals surface area (Å²) in [5.74, 6) is 0.667. The molecule has 0 spiro atoms. The third-order valence-electron chi connectivity index (χ3n) is 3.59. The Bertz CT molecular complexity index is 1150. The Kier molecular flexibility index (Phi) is 5.80. The number of nitrogens with zero attached hydrogens (tertiary/aromatic N) is 4. The van der Waals surface area contributed by atoms with Gasteiger partial charge in [0.05, 0.1) is 27.2 Å². The number of aryl methyl sites for hydroxylation is 1. The molecule has 0 fully saturated rings. The van der Waals surface area contributed by atoms with Gasteiger partial charge in [-0.1, -0.05) is 39.1 Å². The van der Waals surface area contributed by atoms with Crippen molar-refractivity contribution in [3.63, 3.8) is 0 Å². The van der Waals surface area contributed by atoms with Crippen LogP contribution in [0.1, 0.15) is 11.4 Å². The first-order valence-electron chi connectivity index (χ1n) is 7.63. The fourth-order valence-electron chi connectivity index (χ4n) is 2.42. The molecule has 6 nitrogen and oxygen atoms in total. The van der Waals surface area contributed by atoms with Crippen LogP contribution >= 0.6 is 39.1 Å². The molecule has 9 heteroatoms. The second-order valence-corrected chi connectivity index (χ2v) is 7.17. The molecular formula is C18H11BrCl2N4O2. The number of aromatic nitrogens is 2. The van der Waals surface area contributed by atoms with Gasteiger partial charge in [-0.15, -0.1) is 0 Å². The first kappa shape index (κ1) is 19.4. The smallest absolute Gasteiger partial charge is 0.282 e. The Morgan fingerprint density at radius 2 is 2.04 bits per heavy atom. The molecule has 1 heterocycles. The van der Waals surface area contributed by atoms with E-state index in [1.54, 1.807) is 31.2 Å². The average Bonchev–Trinajstić information content (AvgIpc) is 2.62. The molecule has 1 aromatic heterocycles. The summed E-state index contributed by atoms with van der Waals surface area (Å²) in [7, 11) is 0. The van der Waals surface area contributed by atoms with Crippen LogP contribution < -0.4 is 10.3 Å². The van der Waals surface area contributed by atoms with Crippen LogP contribution in [0.5, 0.6) is 5.75 Å². The van der Waals surface area contributed by atoms with Crippen LogP contribution in [0, 0.1) is 18.3 Å². The van der Waals surface area contributed by atoms with Gasteiger partial charge in [0, 0.05) is 4.47 Å². The van der Waals surface area contributed by atoms with Crippen molar-refractivity contribution in [1.82, 2.24) is 9.66 Å². The molecule has 0 N–H and O–H groups in total. The molecule has 0 atom stereocenters. The minimum absolute atomic E-state index is 0.167. The minimum Gasteiger partial charge on any atom is -0.476 e. The van der Waals surface area contributed by atoms with Crippen LogP contribution in [0.2, 0.25) is 10.0 Å². The largest absolute Gasteiger partial charge is 0.476 e. The second kappa shape index (κ2) is 8.09. The first-order valence-corrected chi connectivity index (χ1v) is 9.17. The van der Waals surface area contributed by atoms with E-state index in [9.17, 15) is 4.79 Å². The van der Waals surface area contributed by atoms with Crippen LogP contribution in [0.4, 0.5) is 0 Å². The van der Waals surface area contributed by atoms with Gasteiger partial charge in [0.25, 0.3) is 5.56 Å². The lowest BCUT2D eigenvalue weighted by Gasteiger charge is -2.08. The van der Waals surface area contributed by atoms with E-state index < -0.39 is 0 Å². The van der Waals surface area contributed by atoms with E-state index in [4.69, 9.17) is 33.2 Å². The van der Waals surface area contributed by atoms with Crippen molar-refractivity contribution >= 4 is 56.2 Å². The quantitative estimate of drug-likeness (QED) is 0.529. The SMILES string of the molecule is Cc1nc2ccc(Br)cc2c(=O)n1N=Cc1cc(Cl)c(OCC#N)c(Cl)c1. The lowest BCUT2D eigenvalue weighted by atomic mass is 10.2. The first-order chi connectivity index (χ1) is 12.9. The van der Waals surface area contributed by atoms with E-state index in [0.717, 1.165) is 4.47 Å². The highest BCUT2D eigenvalue weighted by Crippen LogP contribution is 2.33. The van der Waals surface area contributed by atoms with Crippen molar-refractivity contribution in [3.05, 3.63) is 66.6 Å². The van der Waals surface area contributed by atoms with Crippen molar-refractivity contribution in [2.75, 3.05) is 6.61 Å². The number of hydrogen-bond donors (Lipinski definition) is 0. The normalized spacial score (nSPS) is 11.1. The van der Waals surface area contributed by atoms with E-state index in [0.29, 0.717) is 22.3 Å². The molecule has 2 aromatic carbocycles. The summed E-state index contributed by atoms with van der Waals surface area (Å²) in [5.41, 5.74) is 0.869. The summed E-state index contributed by atoms with van der Waals surface area (Å²) < 4.78 is 7.18. The highest BCUT2D eigenvalue weighted by atomic mass is 79.9. The number of benzene rings is 2. The molecule has 3 rings (SSSR count). The van der Waals surface area contributed by atoms with Gasteiger partial charge in [-0.3, -0.25) is 4.79 Å². The number of hydrogen-bond acceptors (Lipinski definition) is 5. The van der Waals surface area contributed by atoms with Gasteiger partial charge < -0.3 is 4.74 Å². The Morgan fingerprint density at radius 3 is 2.70 bits per heavy atom. The summed E-state index contributed by atoms with van der Waals surface area (Å²) in [6.45, 7) is 1.53. The van der Waals surface area contributed by atoms with E-state index in [-0.39, 0.29) is 28.0 Å². The maximum atomic E-state index is 12.7. The molecule has 0 unspecified atom stereocenters. The highest BCUT2D eigenvalue weighted by molar-refractivity contribution is 9.10. The number of fused-ring (bicyclic) bond motifs is 1. The third-order valence-corrected chi connectivity index (χ3v) is 4.65. The van der Waals surface area contributed by atoms with E-state index in [2.05, 4.69) is 26.0 Å². The van der Waals surface area contributed by atoms with Crippen LogP contribution in [0.3, 0.4) is 0 Å². The standard InChI is InChI=1S/C18H11BrCl2N4O2/c1-10-24-16-3-2-12(19)8-13(16)18(26)25(10)23-9-11-6-14(20)17(15(21)7-11)27-5-4-22/h2-3,6-9H,5H2,1H3. The zero-order chi connectivity index (χ0) is 19.6. The molecule has 0 aliphatic carbocycles. The predicted octanol–water partition coefficient (Wildman–Crippen LogP) is 4.56. The zero-order valence-electron chi connectivity index (χ0n) is 13.9. The molecule has 0 aliphatic rings. The van der Waals surface area contributed by atoms with Crippen LogP contribution in [0.15, 0.2) is 44.7 Å². The van der Waals surface area contributed by atoms with E-state index >= 15 is 0 Å². The van der Waals surface area contributed by atoms with Gasteiger partial charge in [0.1, 0.15) is 11.9 Å². The topological polar surface area (TPSA) is 80.3 Å². The van der Waals surface area contributed by atoms with Crippen LogP contribution in [0.25, 0.3) is 10.9 Å². The number of nitriles is 1. The number of ether oxygens (including phenoxy) is 1. The summed E-state index contributed by atoms with van der Waals surface area (Å²) in [5, 5.41) is 13.7. The molecule has 136 valence electrons. The van der Waals surface area contributed by atoms with E-state index in [1.807, 2.05) is 12.1 Å². The summed E-state index contributed by atoms with van der Waals surface area (Å²) >= 11 is 15.6. The van der Waals surface area contributed by atoms with Crippen molar-refractivity contribution < 1.29 is 4.74 Å². The predicted molar refractivity (Wildman–Crippen MR) is 109 cm³/mol. The monoisotopic (exact) mass is 464 g/mol. The number of rotatable bonds is 4. The summed E-state index contributed by atoms with van der Waals surface area (Å²) in [6, 6.07) is 10.3. The van der Waals surface area contributed by atoms with Crippen molar-refractivity contribution in [1.29, 1.82) is 5.26 Å². The molecular weight excluding hydrogens is 455 g/mol. The van der Waals surface area contributed by atoms with Crippen LogP contribution in [-0.2, 0) is 0 Å². The molecule has 0 aliphatic heterocycles. The van der Waals surface area contributed by atoms with Gasteiger partial charge in [0.15, 0.2) is 12.4 Å². The molecule has 0 saturated carbocycles. The lowest BCUT2D eigenvalue weighted by molar-refractivity contribution is 0.368. The van der Waals surface area contributed by atoms with Gasteiger partial charge in [-0.2, -0.15) is 15.0 Å². The van der Waals surface area contributed by atoms with Crippen molar-refractivity contribution in [2.24, 2.45) is 5.10 Å². The van der Waals surface area contributed by atoms with Crippen molar-refractivity contribution in [3.8, 4) is 11.8 Å². The molecule has 0 amide bonds. The highest BCUT2D eigenvalue weighted by Gasteiger charge is 2.10. The fraction of sp³-hybridized carbons (Fsp3) is 0.111. The second-order valence-electron chi connectivity index (χ2n) is 5.44. The zero-order valence-corrected chi connectivity index (χ0v) is 17.0. The maximum absolute atomic E-state index is 12.7. The molecule has 0 radical (unpaired) electrons. The Morgan fingerprint density at radius 1 is 1.33 bits per heavy atom. The van der Waals surface area contributed by atoms with Gasteiger partial charge in [0.2, 0.25) is 0 Å². The molecule has 27 heavy (non-hydrogen) atoms. The third kappa shape index (κ3) is 4.14. The maximum Gasteiger partial charge on any atom is 0.282 e. The lowest BCUT2D eigenvalue weighted by Crippen LogP contribution is -2.20. The Balaban J connectivity index is 2.02. The van der Waals surface area contributed by atoms with Gasteiger partial charge in [-0.25, -0.2) is 4.98 Å². The summed E-state index contributed by atoms with van der Waals surface area (Å²) in [6.07, 6.45) is 1.45. The summed E-state index contributed by atoms with van der Waals surface area (Å²) in [4.78, 5) is 17.1. The van der Waals surface area contributed by atoms with Gasteiger partial charge in [-0.05, 0) is 42.8 Å². The Labute approximate surface area is 172 Å². The van der Waals surface area contributed by atoms with Crippen molar-refractivity contribution in [2.45, 2.75) is 6.92 Å². The van der Waals surface area contributed by atoms with E-state index in [1.165, 1.54) is 10.9 Å². The fourth-order valence-corrected chi connectivity index (χ4v) is 3.39.